The minimum Gasteiger partial charge on any atom is -0.462 e. The van der Waals surface area contributed by atoms with Crippen LogP contribution in [0.3, 0.4) is 0 Å². The van der Waals surface area contributed by atoms with Gasteiger partial charge in [0.15, 0.2) is 6.10 Å². The van der Waals surface area contributed by atoms with Gasteiger partial charge in [-0.2, -0.15) is 0 Å². The Balaban J connectivity index is 4.77. The van der Waals surface area contributed by atoms with Crippen molar-refractivity contribution in [3.8, 4) is 0 Å². The molecule has 3 atom stereocenters. The van der Waals surface area contributed by atoms with Crippen molar-refractivity contribution in [3.05, 3.63) is 60.8 Å². The number of hydrogen-bond acceptors (Lipinski definition) is 10. The summed E-state index contributed by atoms with van der Waals surface area (Å²) in [6, 6.07) is 0. The van der Waals surface area contributed by atoms with E-state index in [9.17, 15) is 28.9 Å². The zero-order chi connectivity index (χ0) is 49.9. The van der Waals surface area contributed by atoms with Crippen LogP contribution < -0.4 is 0 Å². The number of unbranched alkanes of at least 4 members (excludes halogenated alkanes) is 23. The molecule has 0 radical (unpaired) electrons. The highest BCUT2D eigenvalue weighted by molar-refractivity contribution is 7.47. The molecule has 0 rings (SSSR count). The largest absolute Gasteiger partial charge is 0.472 e. The minimum atomic E-state index is -4.75. The lowest BCUT2D eigenvalue weighted by atomic mass is 10.1. The lowest BCUT2D eigenvalue weighted by molar-refractivity contribution is -0.161. The summed E-state index contributed by atoms with van der Waals surface area (Å²) >= 11 is 0. The van der Waals surface area contributed by atoms with Crippen LogP contribution in [0.2, 0.25) is 0 Å². The molecule has 11 nitrogen and oxygen atoms in total. The molecule has 394 valence electrons. The maximum absolute atomic E-state index is 12.9. The number of phosphoric acid groups is 1. The van der Waals surface area contributed by atoms with Crippen LogP contribution in [-0.2, 0) is 42.2 Å². The Labute approximate surface area is 415 Å². The van der Waals surface area contributed by atoms with Gasteiger partial charge in [0.1, 0.15) is 12.7 Å². The summed E-state index contributed by atoms with van der Waals surface area (Å²) in [6.45, 7) is 4.48. The highest BCUT2D eigenvalue weighted by Crippen LogP contribution is 2.43. The smallest absolute Gasteiger partial charge is 0.462 e. The van der Waals surface area contributed by atoms with E-state index in [1.807, 2.05) is 0 Å². The standard InChI is InChI=1S/C56H99O11P/c1-4-7-10-13-16-19-22-23-24-25-26-27-28-29-32-35-38-41-44-47-56(60)67-53(49-63-54(58)45-42-39-36-33-30-20-17-14-11-8-5-2)51-65-68(61,62)64-50-52(48-57)66-55(59)46-43-40-37-34-31-21-18-15-12-9-6-3/h7,10,16,19,23-24,26-27,29,32,52-53,57H,4-6,8-9,11-15,17-18,20-22,25,28,30-31,33-51H2,1-3H3,(H,61,62)/b10-7-,19-16-,24-23-,27-26-,32-29-. The van der Waals surface area contributed by atoms with E-state index >= 15 is 0 Å². The molecule has 0 heterocycles. The molecule has 2 N–H and O–H groups in total. The van der Waals surface area contributed by atoms with Crippen molar-refractivity contribution in [2.75, 3.05) is 26.4 Å². The van der Waals surface area contributed by atoms with Gasteiger partial charge in [-0.25, -0.2) is 4.57 Å². The van der Waals surface area contributed by atoms with Crippen molar-refractivity contribution in [2.45, 2.75) is 251 Å². The molecule has 0 bridgehead atoms. The number of allylic oxidation sites excluding steroid dienone is 10. The number of hydrogen-bond donors (Lipinski definition) is 2. The second-order valence-electron chi connectivity index (χ2n) is 18.0. The fourth-order valence-corrected chi connectivity index (χ4v) is 8.11. The monoisotopic (exact) mass is 979 g/mol. The number of aliphatic hydroxyl groups excluding tert-OH is 1. The molecule has 0 saturated carbocycles. The molecule has 0 saturated heterocycles. The second-order valence-corrected chi connectivity index (χ2v) is 19.5. The Kier molecular flexibility index (Phi) is 48.5. The molecular weight excluding hydrogens is 880 g/mol. The van der Waals surface area contributed by atoms with Crippen LogP contribution in [0.4, 0.5) is 0 Å². The van der Waals surface area contributed by atoms with E-state index in [0.717, 1.165) is 89.9 Å². The lowest BCUT2D eigenvalue weighted by Crippen LogP contribution is -2.30. The van der Waals surface area contributed by atoms with E-state index in [1.54, 1.807) is 0 Å². The van der Waals surface area contributed by atoms with Gasteiger partial charge in [-0.1, -0.05) is 216 Å². The average Bonchev–Trinajstić information content (AvgIpc) is 3.32. The Morgan fingerprint density at radius 3 is 1.18 bits per heavy atom. The maximum Gasteiger partial charge on any atom is 0.472 e. The predicted octanol–water partition coefficient (Wildman–Crippen LogP) is 15.6. The van der Waals surface area contributed by atoms with Gasteiger partial charge < -0.3 is 24.2 Å². The van der Waals surface area contributed by atoms with E-state index in [2.05, 4.69) is 81.5 Å². The van der Waals surface area contributed by atoms with Crippen LogP contribution in [0.5, 0.6) is 0 Å². The number of carbonyl (C=O) groups excluding carboxylic acids is 3. The van der Waals surface area contributed by atoms with Crippen LogP contribution in [0.25, 0.3) is 0 Å². The van der Waals surface area contributed by atoms with Crippen LogP contribution >= 0.6 is 7.82 Å². The zero-order valence-electron chi connectivity index (χ0n) is 43.3. The number of carbonyl (C=O) groups is 3. The first-order chi connectivity index (χ1) is 33.2. The third-order valence-electron chi connectivity index (χ3n) is 11.5. The number of rotatable bonds is 50. The molecule has 12 heteroatoms. The molecule has 0 spiro atoms. The number of esters is 3. The van der Waals surface area contributed by atoms with Crippen molar-refractivity contribution in [1.29, 1.82) is 0 Å². The van der Waals surface area contributed by atoms with Gasteiger partial charge in [-0.15, -0.1) is 0 Å². The second kappa shape index (κ2) is 50.6. The molecule has 0 fully saturated rings. The molecule has 0 aliphatic carbocycles. The van der Waals surface area contributed by atoms with Crippen molar-refractivity contribution < 1.29 is 52.2 Å². The Morgan fingerprint density at radius 2 is 0.765 bits per heavy atom. The summed E-state index contributed by atoms with van der Waals surface area (Å²) in [4.78, 5) is 48.3. The molecule has 0 aromatic carbocycles. The van der Waals surface area contributed by atoms with Gasteiger partial charge in [-0.3, -0.25) is 23.4 Å². The SMILES string of the molecule is CC/C=C\C/C=C\C/C=C\C/C=C\C/C=C\CCCCCC(=O)OC(COC(=O)CCCCCCCCCCCCC)COP(=O)(O)OCC(CO)OC(=O)CCCCCCCCCCCCC. The highest BCUT2D eigenvalue weighted by Gasteiger charge is 2.28. The summed E-state index contributed by atoms with van der Waals surface area (Å²) in [7, 11) is -4.75. The zero-order valence-corrected chi connectivity index (χ0v) is 44.2. The molecule has 0 aliphatic rings. The fourth-order valence-electron chi connectivity index (χ4n) is 7.32. The Bertz CT molecular complexity index is 1370. The molecular formula is C56H99O11P. The van der Waals surface area contributed by atoms with Crippen molar-refractivity contribution in [3.63, 3.8) is 0 Å². The van der Waals surface area contributed by atoms with Crippen molar-refractivity contribution in [1.82, 2.24) is 0 Å². The van der Waals surface area contributed by atoms with Crippen LogP contribution in [0.15, 0.2) is 60.8 Å². The third kappa shape index (κ3) is 48.2. The first kappa shape index (κ1) is 65.2. The fraction of sp³-hybridized carbons (Fsp3) is 0.768. The Morgan fingerprint density at radius 1 is 0.426 bits per heavy atom. The van der Waals surface area contributed by atoms with E-state index < -0.39 is 57.8 Å². The Hall–Kier alpha value is -2.82. The number of ether oxygens (including phenoxy) is 3. The summed E-state index contributed by atoms with van der Waals surface area (Å²) in [5.74, 6) is -1.50. The van der Waals surface area contributed by atoms with Gasteiger partial charge in [-0.05, 0) is 64.2 Å². The van der Waals surface area contributed by atoms with Gasteiger partial charge >= 0.3 is 25.7 Å². The van der Waals surface area contributed by atoms with Gasteiger partial charge in [0.05, 0.1) is 19.8 Å². The van der Waals surface area contributed by atoms with Gasteiger partial charge in [0.25, 0.3) is 0 Å². The number of phosphoric ester groups is 1. The average molecular weight is 979 g/mol. The van der Waals surface area contributed by atoms with E-state index in [0.29, 0.717) is 19.3 Å². The molecule has 0 aromatic heterocycles. The first-order valence-electron chi connectivity index (χ1n) is 27.2. The topological polar surface area (TPSA) is 155 Å². The highest BCUT2D eigenvalue weighted by atomic mass is 31.2. The first-order valence-corrected chi connectivity index (χ1v) is 28.7. The van der Waals surface area contributed by atoms with Crippen LogP contribution in [0, 0.1) is 0 Å². The van der Waals surface area contributed by atoms with Gasteiger partial charge in [0.2, 0.25) is 0 Å². The molecule has 68 heavy (non-hydrogen) atoms. The van der Waals surface area contributed by atoms with E-state index in [1.165, 1.54) is 89.9 Å². The predicted molar refractivity (Wildman–Crippen MR) is 279 cm³/mol. The summed E-state index contributed by atoms with van der Waals surface area (Å²) in [5.41, 5.74) is 0. The van der Waals surface area contributed by atoms with Crippen LogP contribution in [-0.4, -0.2) is 66.5 Å². The summed E-state index contributed by atoms with van der Waals surface area (Å²) in [6.07, 6.45) is 53.3. The van der Waals surface area contributed by atoms with E-state index in [4.69, 9.17) is 23.3 Å². The quantitative estimate of drug-likeness (QED) is 0.0197. The summed E-state index contributed by atoms with van der Waals surface area (Å²) in [5, 5.41) is 9.77. The normalized spacial score (nSPS) is 13.9. The maximum atomic E-state index is 12.9. The van der Waals surface area contributed by atoms with Crippen molar-refractivity contribution in [2.24, 2.45) is 0 Å². The third-order valence-corrected chi connectivity index (χ3v) is 12.4. The number of aliphatic hydroxyl groups is 1. The molecule has 0 aromatic rings. The van der Waals surface area contributed by atoms with Crippen LogP contribution in [0.1, 0.15) is 239 Å². The molecule has 0 amide bonds. The van der Waals surface area contributed by atoms with Gasteiger partial charge in [0, 0.05) is 19.3 Å². The molecule has 0 aliphatic heterocycles. The lowest BCUT2D eigenvalue weighted by Gasteiger charge is -2.21. The van der Waals surface area contributed by atoms with E-state index in [-0.39, 0.29) is 25.9 Å². The minimum absolute atomic E-state index is 0.130. The summed E-state index contributed by atoms with van der Waals surface area (Å²) < 4.78 is 39.3. The molecule has 3 unspecified atom stereocenters. The van der Waals surface area contributed by atoms with Crippen molar-refractivity contribution >= 4 is 25.7 Å².